The lowest BCUT2D eigenvalue weighted by atomic mass is 10.2. The number of benzene rings is 1. The van der Waals surface area contributed by atoms with Gasteiger partial charge in [-0.15, -0.1) is 0 Å². The largest absolute Gasteiger partial charge is 0.275 e. The molecule has 2 aromatic rings. The highest BCUT2D eigenvalue weighted by Crippen LogP contribution is 2.16. The molecule has 4 heteroatoms. The second kappa shape index (κ2) is 4.72. The van der Waals surface area contributed by atoms with E-state index in [1.54, 1.807) is 11.6 Å². The normalized spacial score (nSPS) is 10.5. The molecular formula is C13H13ClN2O. The van der Waals surface area contributed by atoms with Crippen molar-refractivity contribution in [2.24, 2.45) is 0 Å². The highest BCUT2D eigenvalue weighted by molar-refractivity contribution is 6.68. The fourth-order valence-corrected chi connectivity index (χ4v) is 2.17. The summed E-state index contributed by atoms with van der Waals surface area (Å²) in [4.78, 5) is 11.3. The fourth-order valence-electron chi connectivity index (χ4n) is 1.89. The first-order valence-electron chi connectivity index (χ1n) is 5.37. The molecule has 0 aliphatic carbocycles. The minimum atomic E-state index is -0.445. The van der Waals surface area contributed by atoms with Crippen LogP contribution in [-0.2, 0) is 6.54 Å². The standard InChI is InChI=1S/C13H13ClN2O/c1-9-12(13(14)17)10(2)16(15-9)8-11-6-4-3-5-7-11/h3-7H,8H2,1-2H3. The van der Waals surface area contributed by atoms with Crippen LogP contribution in [0.2, 0.25) is 0 Å². The van der Waals surface area contributed by atoms with E-state index in [-0.39, 0.29) is 0 Å². The van der Waals surface area contributed by atoms with Gasteiger partial charge in [-0.05, 0) is 31.0 Å². The molecule has 1 heterocycles. The Morgan fingerprint density at radius 2 is 1.94 bits per heavy atom. The third-order valence-corrected chi connectivity index (χ3v) is 2.94. The quantitative estimate of drug-likeness (QED) is 0.783. The molecule has 17 heavy (non-hydrogen) atoms. The summed E-state index contributed by atoms with van der Waals surface area (Å²) in [6.07, 6.45) is 0. The maximum absolute atomic E-state index is 11.3. The monoisotopic (exact) mass is 248 g/mol. The molecule has 3 nitrogen and oxygen atoms in total. The van der Waals surface area contributed by atoms with Gasteiger partial charge in [0.2, 0.25) is 0 Å². The third kappa shape index (κ3) is 2.39. The number of carbonyl (C=O) groups excluding carboxylic acids is 1. The highest BCUT2D eigenvalue weighted by atomic mass is 35.5. The molecule has 0 spiro atoms. The number of hydrogen-bond acceptors (Lipinski definition) is 2. The van der Waals surface area contributed by atoms with E-state index >= 15 is 0 Å². The maximum atomic E-state index is 11.3. The molecule has 0 unspecified atom stereocenters. The van der Waals surface area contributed by atoms with Crippen molar-refractivity contribution < 1.29 is 4.79 Å². The molecule has 1 aromatic heterocycles. The summed E-state index contributed by atoms with van der Waals surface area (Å²) in [6.45, 7) is 4.31. The van der Waals surface area contributed by atoms with Crippen molar-refractivity contribution in [3.8, 4) is 0 Å². The first-order chi connectivity index (χ1) is 8.09. The van der Waals surface area contributed by atoms with Crippen LogP contribution in [0, 0.1) is 13.8 Å². The second-order valence-corrected chi connectivity index (χ2v) is 4.31. The van der Waals surface area contributed by atoms with Gasteiger partial charge in [0, 0.05) is 5.69 Å². The molecule has 0 N–H and O–H groups in total. The molecule has 0 radical (unpaired) electrons. The predicted molar refractivity (Wildman–Crippen MR) is 67.4 cm³/mol. The lowest BCUT2D eigenvalue weighted by Gasteiger charge is -2.04. The van der Waals surface area contributed by atoms with Gasteiger partial charge in [-0.25, -0.2) is 0 Å². The van der Waals surface area contributed by atoms with Crippen LogP contribution < -0.4 is 0 Å². The Morgan fingerprint density at radius 3 is 2.47 bits per heavy atom. The van der Waals surface area contributed by atoms with E-state index in [2.05, 4.69) is 5.10 Å². The highest BCUT2D eigenvalue weighted by Gasteiger charge is 2.16. The third-order valence-electron chi connectivity index (χ3n) is 2.75. The van der Waals surface area contributed by atoms with Gasteiger partial charge < -0.3 is 0 Å². The molecule has 0 amide bonds. The van der Waals surface area contributed by atoms with Gasteiger partial charge >= 0.3 is 0 Å². The lowest BCUT2D eigenvalue weighted by molar-refractivity contribution is 0.108. The van der Waals surface area contributed by atoms with E-state index < -0.39 is 5.24 Å². The summed E-state index contributed by atoms with van der Waals surface area (Å²) in [6, 6.07) is 9.99. The van der Waals surface area contributed by atoms with Crippen molar-refractivity contribution >= 4 is 16.8 Å². The summed E-state index contributed by atoms with van der Waals surface area (Å²) in [5.41, 5.74) is 3.15. The van der Waals surface area contributed by atoms with E-state index in [1.165, 1.54) is 0 Å². The van der Waals surface area contributed by atoms with E-state index in [9.17, 15) is 4.79 Å². The minimum absolute atomic E-state index is 0.445. The van der Waals surface area contributed by atoms with Crippen molar-refractivity contribution in [2.45, 2.75) is 20.4 Å². The van der Waals surface area contributed by atoms with Gasteiger partial charge in [0.05, 0.1) is 17.8 Å². The summed E-state index contributed by atoms with van der Waals surface area (Å²) in [7, 11) is 0. The number of halogens is 1. The van der Waals surface area contributed by atoms with Crippen LogP contribution in [0.3, 0.4) is 0 Å². The topological polar surface area (TPSA) is 34.9 Å². The molecule has 0 bridgehead atoms. The molecule has 2 rings (SSSR count). The van der Waals surface area contributed by atoms with Gasteiger partial charge in [-0.1, -0.05) is 30.3 Å². The Bertz CT molecular complexity index is 546. The number of aromatic nitrogens is 2. The zero-order valence-corrected chi connectivity index (χ0v) is 10.5. The van der Waals surface area contributed by atoms with Crippen LogP contribution in [0.4, 0.5) is 0 Å². The molecule has 1 aromatic carbocycles. The van der Waals surface area contributed by atoms with Crippen molar-refractivity contribution in [3.05, 3.63) is 52.8 Å². The van der Waals surface area contributed by atoms with E-state index in [1.807, 2.05) is 37.3 Å². The molecule has 0 atom stereocenters. The van der Waals surface area contributed by atoms with Crippen LogP contribution in [0.1, 0.15) is 27.3 Å². The first kappa shape index (κ1) is 11.9. The summed E-state index contributed by atoms with van der Waals surface area (Å²) < 4.78 is 1.81. The summed E-state index contributed by atoms with van der Waals surface area (Å²) >= 11 is 5.54. The molecule has 0 saturated carbocycles. The molecule has 0 saturated heterocycles. The van der Waals surface area contributed by atoms with Crippen LogP contribution in [-0.4, -0.2) is 15.0 Å². The molecule has 0 aliphatic rings. The van der Waals surface area contributed by atoms with Crippen LogP contribution in [0.5, 0.6) is 0 Å². The molecule has 0 aliphatic heterocycles. The average molecular weight is 249 g/mol. The van der Waals surface area contributed by atoms with Crippen molar-refractivity contribution in [1.29, 1.82) is 0 Å². The van der Waals surface area contributed by atoms with Gasteiger partial charge in [0.25, 0.3) is 5.24 Å². The predicted octanol–water partition coefficient (Wildman–Crippen LogP) is 2.93. The Balaban J connectivity index is 2.35. The van der Waals surface area contributed by atoms with Gasteiger partial charge in [-0.2, -0.15) is 5.10 Å². The van der Waals surface area contributed by atoms with Gasteiger partial charge in [0.15, 0.2) is 0 Å². The van der Waals surface area contributed by atoms with E-state index in [4.69, 9.17) is 11.6 Å². The van der Waals surface area contributed by atoms with Crippen LogP contribution in [0.25, 0.3) is 0 Å². The Hall–Kier alpha value is -1.61. The number of rotatable bonds is 3. The van der Waals surface area contributed by atoms with Crippen molar-refractivity contribution in [1.82, 2.24) is 9.78 Å². The number of hydrogen-bond donors (Lipinski definition) is 0. The van der Waals surface area contributed by atoms with Gasteiger partial charge in [0.1, 0.15) is 0 Å². The Morgan fingerprint density at radius 1 is 1.29 bits per heavy atom. The molecular weight excluding hydrogens is 236 g/mol. The zero-order valence-electron chi connectivity index (χ0n) is 9.77. The zero-order chi connectivity index (χ0) is 12.4. The van der Waals surface area contributed by atoms with Crippen LogP contribution in [0.15, 0.2) is 30.3 Å². The molecule has 88 valence electrons. The minimum Gasteiger partial charge on any atom is -0.275 e. The number of carbonyl (C=O) groups is 1. The SMILES string of the molecule is Cc1nn(Cc2ccccc2)c(C)c1C(=O)Cl. The first-order valence-corrected chi connectivity index (χ1v) is 5.75. The number of nitrogens with zero attached hydrogens (tertiary/aromatic N) is 2. The van der Waals surface area contributed by atoms with Crippen molar-refractivity contribution in [2.75, 3.05) is 0 Å². The summed E-state index contributed by atoms with van der Waals surface area (Å²) in [5, 5.41) is 3.89. The second-order valence-electron chi connectivity index (χ2n) is 3.96. The summed E-state index contributed by atoms with van der Waals surface area (Å²) in [5.74, 6) is 0. The van der Waals surface area contributed by atoms with Crippen molar-refractivity contribution in [3.63, 3.8) is 0 Å². The maximum Gasteiger partial charge on any atom is 0.256 e. The smallest absolute Gasteiger partial charge is 0.256 e. The van der Waals surface area contributed by atoms with E-state index in [0.29, 0.717) is 17.8 Å². The fraction of sp³-hybridized carbons (Fsp3) is 0.231. The lowest BCUT2D eigenvalue weighted by Crippen LogP contribution is -2.04. The van der Waals surface area contributed by atoms with E-state index in [0.717, 1.165) is 11.3 Å². The molecule has 0 fully saturated rings. The Labute approximate surface area is 105 Å². The number of aryl methyl sites for hydroxylation is 1. The average Bonchev–Trinajstić information content (AvgIpc) is 2.55. The van der Waals surface area contributed by atoms with Crippen LogP contribution >= 0.6 is 11.6 Å². The Kier molecular flexibility index (Phi) is 3.29. The van der Waals surface area contributed by atoms with Gasteiger partial charge in [-0.3, -0.25) is 9.48 Å².